The van der Waals surface area contributed by atoms with Gasteiger partial charge in [-0.3, -0.25) is 9.59 Å². The number of aromatic nitrogens is 1. The Labute approximate surface area is 176 Å². The summed E-state index contributed by atoms with van der Waals surface area (Å²) in [5.74, 6) is -0.159. The monoisotopic (exact) mass is 406 g/mol. The van der Waals surface area contributed by atoms with E-state index in [9.17, 15) is 9.59 Å². The number of ether oxygens (including phenoxy) is 1. The summed E-state index contributed by atoms with van der Waals surface area (Å²) in [4.78, 5) is 25.6. The predicted octanol–water partition coefficient (Wildman–Crippen LogP) is 4.76. The van der Waals surface area contributed by atoms with Crippen LogP contribution in [-0.4, -0.2) is 17.0 Å². The van der Waals surface area contributed by atoms with E-state index in [1.54, 1.807) is 12.1 Å². The van der Waals surface area contributed by atoms with Gasteiger partial charge in [-0.1, -0.05) is 47.6 Å². The second-order valence-corrected chi connectivity index (χ2v) is 7.39. The van der Waals surface area contributed by atoms with E-state index in [0.29, 0.717) is 23.4 Å². The molecule has 0 aliphatic heterocycles. The van der Waals surface area contributed by atoms with E-state index >= 15 is 0 Å². The normalized spacial score (nSPS) is 11.7. The van der Waals surface area contributed by atoms with Crippen molar-refractivity contribution in [1.29, 1.82) is 0 Å². The van der Waals surface area contributed by atoms with Gasteiger partial charge in [0, 0.05) is 23.2 Å². The molecule has 0 fully saturated rings. The average Bonchev–Trinajstić information content (AvgIpc) is 3.05. The molecule has 0 saturated heterocycles. The summed E-state index contributed by atoms with van der Waals surface area (Å²) in [6.45, 7) is 7.52. The van der Waals surface area contributed by atoms with Gasteiger partial charge < -0.3 is 14.6 Å². The lowest BCUT2D eigenvalue weighted by atomic mass is 10.1. The molecule has 6 heteroatoms. The topological polar surface area (TPSA) is 81.4 Å². The van der Waals surface area contributed by atoms with Crippen LogP contribution < -0.4 is 5.32 Å². The molecule has 1 amide bonds. The number of anilines is 1. The quantitative estimate of drug-likeness (QED) is 0.572. The molecule has 3 aromatic rings. The van der Waals surface area contributed by atoms with Crippen molar-refractivity contribution >= 4 is 17.6 Å². The van der Waals surface area contributed by atoms with Gasteiger partial charge in [0.05, 0.1) is 5.69 Å². The van der Waals surface area contributed by atoms with Gasteiger partial charge in [-0.15, -0.1) is 0 Å². The number of carbonyl (C=O) groups is 2. The van der Waals surface area contributed by atoms with Gasteiger partial charge in [0.15, 0.2) is 0 Å². The number of aryl methyl sites for hydroxylation is 4. The Morgan fingerprint density at radius 1 is 1.07 bits per heavy atom. The van der Waals surface area contributed by atoms with Crippen molar-refractivity contribution in [2.45, 2.75) is 46.6 Å². The predicted molar refractivity (Wildman–Crippen MR) is 114 cm³/mol. The van der Waals surface area contributed by atoms with Crippen molar-refractivity contribution in [3.05, 3.63) is 82.2 Å². The molecule has 0 aliphatic carbocycles. The summed E-state index contributed by atoms with van der Waals surface area (Å²) in [7, 11) is 0. The number of amides is 1. The SMILES string of the molecule is Cc1ccc(C)c(NC(=O)[C@@H](OC(=O)CCc2c(C)noc2C)c2ccccc2)c1. The third kappa shape index (κ3) is 5.14. The third-order valence-electron chi connectivity index (χ3n) is 5.00. The number of hydrogen-bond donors (Lipinski definition) is 1. The van der Waals surface area contributed by atoms with Crippen LogP contribution in [0.4, 0.5) is 5.69 Å². The number of hydrogen-bond acceptors (Lipinski definition) is 5. The van der Waals surface area contributed by atoms with Gasteiger partial charge in [0.25, 0.3) is 5.91 Å². The van der Waals surface area contributed by atoms with Gasteiger partial charge in [0.2, 0.25) is 6.10 Å². The van der Waals surface area contributed by atoms with Crippen LogP contribution in [0.3, 0.4) is 0 Å². The first-order valence-electron chi connectivity index (χ1n) is 9.89. The van der Waals surface area contributed by atoms with Gasteiger partial charge >= 0.3 is 5.97 Å². The molecule has 1 N–H and O–H groups in total. The maximum atomic E-state index is 13.0. The smallest absolute Gasteiger partial charge is 0.307 e. The van der Waals surface area contributed by atoms with Crippen LogP contribution in [0.15, 0.2) is 53.1 Å². The lowest BCUT2D eigenvalue weighted by molar-refractivity contribution is -0.154. The van der Waals surface area contributed by atoms with Crippen molar-refractivity contribution in [3.63, 3.8) is 0 Å². The number of nitrogens with one attached hydrogen (secondary N) is 1. The third-order valence-corrected chi connectivity index (χ3v) is 5.00. The Kier molecular flexibility index (Phi) is 6.67. The highest BCUT2D eigenvalue weighted by Crippen LogP contribution is 2.24. The standard InChI is InChI=1S/C24H26N2O4/c1-15-10-11-16(2)21(14-15)25-24(28)23(19-8-6-5-7-9-19)29-22(27)13-12-20-17(3)26-30-18(20)4/h5-11,14,23H,12-13H2,1-4H3,(H,25,28)/t23-/m0/s1. The molecule has 0 unspecified atom stereocenters. The zero-order chi connectivity index (χ0) is 21.7. The van der Waals surface area contributed by atoms with E-state index in [2.05, 4.69) is 10.5 Å². The van der Waals surface area contributed by atoms with Crippen LogP contribution in [0.2, 0.25) is 0 Å². The molecule has 6 nitrogen and oxygen atoms in total. The number of esters is 1. The molecule has 2 aromatic carbocycles. The summed E-state index contributed by atoms with van der Waals surface area (Å²) in [6.07, 6.45) is -0.466. The number of rotatable bonds is 7. The maximum Gasteiger partial charge on any atom is 0.307 e. The largest absolute Gasteiger partial charge is 0.447 e. The lowest BCUT2D eigenvalue weighted by Gasteiger charge is -2.19. The van der Waals surface area contributed by atoms with Crippen molar-refractivity contribution in [3.8, 4) is 0 Å². The number of carbonyl (C=O) groups excluding carboxylic acids is 2. The molecule has 1 atom stereocenters. The first-order valence-corrected chi connectivity index (χ1v) is 9.89. The molecular formula is C24H26N2O4. The minimum Gasteiger partial charge on any atom is -0.447 e. The van der Waals surface area contributed by atoms with Crippen molar-refractivity contribution < 1.29 is 18.8 Å². The van der Waals surface area contributed by atoms with Gasteiger partial charge in [-0.25, -0.2) is 0 Å². The molecule has 0 saturated carbocycles. The highest BCUT2D eigenvalue weighted by molar-refractivity contribution is 5.96. The molecule has 30 heavy (non-hydrogen) atoms. The number of benzene rings is 2. The highest BCUT2D eigenvalue weighted by Gasteiger charge is 2.26. The number of nitrogens with zero attached hydrogens (tertiary/aromatic N) is 1. The second-order valence-electron chi connectivity index (χ2n) is 7.39. The molecule has 0 aliphatic rings. The minimum atomic E-state index is -1.04. The van der Waals surface area contributed by atoms with E-state index in [0.717, 1.165) is 22.4 Å². The summed E-state index contributed by atoms with van der Waals surface area (Å²) in [5.41, 5.74) is 4.93. The van der Waals surface area contributed by atoms with E-state index in [-0.39, 0.29) is 12.3 Å². The van der Waals surface area contributed by atoms with Gasteiger partial charge in [-0.2, -0.15) is 0 Å². The zero-order valence-electron chi connectivity index (χ0n) is 17.7. The van der Waals surface area contributed by atoms with Gasteiger partial charge in [-0.05, 0) is 51.3 Å². The van der Waals surface area contributed by atoms with Crippen LogP contribution in [0.25, 0.3) is 0 Å². The molecule has 0 radical (unpaired) electrons. The van der Waals surface area contributed by atoms with Crippen LogP contribution in [0.5, 0.6) is 0 Å². The molecule has 156 valence electrons. The molecule has 3 rings (SSSR count). The second kappa shape index (κ2) is 9.39. The van der Waals surface area contributed by atoms with Crippen LogP contribution in [-0.2, 0) is 20.7 Å². The average molecular weight is 406 g/mol. The van der Waals surface area contributed by atoms with Crippen molar-refractivity contribution in [1.82, 2.24) is 5.16 Å². The van der Waals surface area contributed by atoms with Crippen LogP contribution >= 0.6 is 0 Å². The lowest BCUT2D eigenvalue weighted by Crippen LogP contribution is -2.26. The van der Waals surface area contributed by atoms with E-state index in [1.807, 2.05) is 64.1 Å². The Bertz CT molecular complexity index is 1020. The molecule has 0 spiro atoms. The highest BCUT2D eigenvalue weighted by atomic mass is 16.5. The fourth-order valence-corrected chi connectivity index (χ4v) is 3.25. The van der Waals surface area contributed by atoms with Crippen LogP contribution in [0.1, 0.15) is 46.2 Å². The Hall–Kier alpha value is -3.41. The molecular weight excluding hydrogens is 380 g/mol. The van der Waals surface area contributed by atoms with E-state index in [1.165, 1.54) is 0 Å². The van der Waals surface area contributed by atoms with Crippen molar-refractivity contribution in [2.75, 3.05) is 5.32 Å². The summed E-state index contributed by atoms with van der Waals surface area (Å²) >= 11 is 0. The fraction of sp³-hybridized carbons (Fsp3) is 0.292. The zero-order valence-corrected chi connectivity index (χ0v) is 17.7. The summed E-state index contributed by atoms with van der Waals surface area (Å²) < 4.78 is 10.8. The molecule has 1 aromatic heterocycles. The van der Waals surface area contributed by atoms with E-state index < -0.39 is 12.1 Å². The minimum absolute atomic E-state index is 0.128. The van der Waals surface area contributed by atoms with Crippen molar-refractivity contribution in [2.24, 2.45) is 0 Å². The fourth-order valence-electron chi connectivity index (χ4n) is 3.25. The first kappa shape index (κ1) is 21.3. The molecule has 1 heterocycles. The Morgan fingerprint density at radius 3 is 2.47 bits per heavy atom. The van der Waals surface area contributed by atoms with Crippen LogP contribution in [0, 0.1) is 27.7 Å². The summed E-state index contributed by atoms with van der Waals surface area (Å²) in [5, 5.41) is 6.80. The Balaban J connectivity index is 1.75. The molecule has 0 bridgehead atoms. The Morgan fingerprint density at radius 2 is 1.80 bits per heavy atom. The maximum absolute atomic E-state index is 13.0. The summed E-state index contributed by atoms with van der Waals surface area (Å²) in [6, 6.07) is 14.8. The van der Waals surface area contributed by atoms with Gasteiger partial charge in [0.1, 0.15) is 5.76 Å². The van der Waals surface area contributed by atoms with E-state index in [4.69, 9.17) is 9.26 Å². The first-order chi connectivity index (χ1) is 14.3.